The van der Waals surface area contributed by atoms with Crippen LogP contribution in [0.5, 0.6) is 5.75 Å². The fraction of sp³-hybridized carbons (Fsp3) is 0.444. The van der Waals surface area contributed by atoms with E-state index < -0.39 is 0 Å². The molecule has 25 heavy (non-hydrogen) atoms. The average Bonchev–Trinajstić information content (AvgIpc) is 3.05. The van der Waals surface area contributed by atoms with Gasteiger partial charge in [0.1, 0.15) is 11.4 Å². The Hall–Kier alpha value is -2.12. The summed E-state index contributed by atoms with van der Waals surface area (Å²) in [6, 6.07) is 7.63. The van der Waals surface area contributed by atoms with Gasteiger partial charge in [0.15, 0.2) is 5.13 Å². The molecule has 2 N–H and O–H groups in total. The van der Waals surface area contributed by atoms with Crippen molar-refractivity contribution in [3.8, 4) is 5.75 Å². The van der Waals surface area contributed by atoms with E-state index in [0.29, 0.717) is 30.6 Å². The van der Waals surface area contributed by atoms with Gasteiger partial charge in [-0.25, -0.2) is 4.98 Å². The number of nitrogens with zero attached hydrogens (tertiary/aromatic N) is 1. The van der Waals surface area contributed by atoms with Gasteiger partial charge >= 0.3 is 0 Å². The summed E-state index contributed by atoms with van der Waals surface area (Å²) >= 11 is 1.40. The van der Waals surface area contributed by atoms with Crippen LogP contribution in [0.15, 0.2) is 29.6 Å². The maximum atomic E-state index is 12.1. The van der Waals surface area contributed by atoms with Crippen molar-refractivity contribution in [2.45, 2.75) is 33.3 Å². The zero-order valence-corrected chi connectivity index (χ0v) is 15.7. The van der Waals surface area contributed by atoms with Crippen molar-refractivity contribution in [3.05, 3.63) is 35.3 Å². The third-order valence-corrected chi connectivity index (χ3v) is 3.97. The molecule has 0 unspecified atom stereocenters. The van der Waals surface area contributed by atoms with Gasteiger partial charge in [-0.2, -0.15) is 0 Å². The molecule has 2 rings (SSSR count). The van der Waals surface area contributed by atoms with Gasteiger partial charge in [0, 0.05) is 24.2 Å². The molecule has 0 saturated heterocycles. The number of carbonyl (C=O) groups excluding carboxylic acids is 1. The lowest BCUT2D eigenvalue weighted by molar-refractivity contribution is 0.0756. The van der Waals surface area contributed by atoms with Gasteiger partial charge < -0.3 is 20.1 Å². The van der Waals surface area contributed by atoms with Crippen LogP contribution in [-0.2, 0) is 4.74 Å². The van der Waals surface area contributed by atoms with Crippen LogP contribution in [0, 0.1) is 0 Å². The van der Waals surface area contributed by atoms with E-state index in [0.717, 1.165) is 17.9 Å². The normalized spacial score (nSPS) is 10.7. The predicted octanol–water partition coefficient (Wildman–Crippen LogP) is 3.83. The number of nitrogens with one attached hydrogen (secondary N) is 2. The molecule has 1 heterocycles. The van der Waals surface area contributed by atoms with E-state index in [1.807, 2.05) is 45.0 Å². The number of anilines is 2. The number of thiazole rings is 1. The third-order valence-electron chi connectivity index (χ3n) is 3.21. The second-order valence-corrected chi connectivity index (χ2v) is 6.51. The molecule has 0 aliphatic rings. The number of hydrogen-bond acceptors (Lipinski definition) is 6. The van der Waals surface area contributed by atoms with Crippen molar-refractivity contribution >= 4 is 28.1 Å². The number of benzene rings is 1. The second kappa shape index (κ2) is 10.0. The summed E-state index contributed by atoms with van der Waals surface area (Å²) < 4.78 is 10.9. The van der Waals surface area contributed by atoms with E-state index >= 15 is 0 Å². The lowest BCUT2D eigenvalue weighted by Crippen LogP contribution is -2.25. The second-order valence-electron chi connectivity index (χ2n) is 5.65. The van der Waals surface area contributed by atoms with Crippen molar-refractivity contribution in [2.24, 2.45) is 0 Å². The minimum absolute atomic E-state index is 0.166. The fourth-order valence-electron chi connectivity index (χ4n) is 2.04. The van der Waals surface area contributed by atoms with Crippen molar-refractivity contribution in [3.63, 3.8) is 0 Å². The molecule has 136 valence electrons. The molecule has 0 atom stereocenters. The molecule has 0 aliphatic heterocycles. The van der Waals surface area contributed by atoms with Crippen LogP contribution < -0.4 is 15.4 Å². The monoisotopic (exact) mass is 363 g/mol. The van der Waals surface area contributed by atoms with Crippen LogP contribution in [0.25, 0.3) is 0 Å². The van der Waals surface area contributed by atoms with Crippen LogP contribution in [0.4, 0.5) is 10.8 Å². The number of carbonyl (C=O) groups is 1. The molecule has 1 aromatic carbocycles. The fourth-order valence-corrected chi connectivity index (χ4v) is 2.75. The summed E-state index contributed by atoms with van der Waals surface area (Å²) in [6.07, 6.45) is 0.996. The Bertz CT molecular complexity index is 656. The van der Waals surface area contributed by atoms with Gasteiger partial charge in [-0.1, -0.05) is 0 Å². The Morgan fingerprint density at radius 2 is 2.04 bits per heavy atom. The molecule has 0 saturated carbocycles. The molecule has 0 bridgehead atoms. The van der Waals surface area contributed by atoms with E-state index in [2.05, 4.69) is 15.6 Å². The topological polar surface area (TPSA) is 72.5 Å². The first-order valence-electron chi connectivity index (χ1n) is 8.43. The Kier molecular flexibility index (Phi) is 7.69. The highest BCUT2D eigenvalue weighted by molar-refractivity contribution is 7.14. The first-order chi connectivity index (χ1) is 12.1. The molecule has 7 heteroatoms. The summed E-state index contributed by atoms with van der Waals surface area (Å²) in [5.41, 5.74) is 1.32. The Morgan fingerprint density at radius 3 is 2.72 bits per heavy atom. The SMILES string of the molecule is CCOc1ccc(Nc2nc(C(=O)NCCCOC(C)C)cs2)cc1. The molecule has 1 aromatic heterocycles. The van der Waals surface area contributed by atoms with E-state index in [1.54, 1.807) is 5.38 Å². The van der Waals surface area contributed by atoms with Crippen LogP contribution in [0.3, 0.4) is 0 Å². The summed E-state index contributed by atoms with van der Waals surface area (Å²) in [7, 11) is 0. The van der Waals surface area contributed by atoms with Crippen molar-refractivity contribution in [1.29, 1.82) is 0 Å². The highest BCUT2D eigenvalue weighted by atomic mass is 32.1. The molecule has 0 aliphatic carbocycles. The molecule has 0 fully saturated rings. The standard InChI is InChI=1S/C18H25N3O3S/c1-4-23-15-8-6-14(7-9-15)20-18-21-16(12-25-18)17(22)19-10-5-11-24-13(2)3/h6-9,12-13H,4-5,10-11H2,1-3H3,(H,19,22)(H,20,21). The first-order valence-corrected chi connectivity index (χ1v) is 9.31. The Labute approximate surface area is 152 Å². The molecule has 0 radical (unpaired) electrons. The van der Waals surface area contributed by atoms with E-state index in [1.165, 1.54) is 11.3 Å². The molecule has 2 aromatic rings. The number of ether oxygens (including phenoxy) is 2. The van der Waals surface area contributed by atoms with Crippen LogP contribution in [0.1, 0.15) is 37.7 Å². The van der Waals surface area contributed by atoms with Crippen LogP contribution in [0.2, 0.25) is 0 Å². The van der Waals surface area contributed by atoms with Gasteiger partial charge in [-0.15, -0.1) is 11.3 Å². The summed E-state index contributed by atoms with van der Waals surface area (Å²) in [5, 5.41) is 8.47. The van der Waals surface area contributed by atoms with Crippen molar-refractivity contribution in [1.82, 2.24) is 10.3 Å². The predicted molar refractivity (Wildman–Crippen MR) is 101 cm³/mol. The van der Waals surface area contributed by atoms with Crippen LogP contribution >= 0.6 is 11.3 Å². The lowest BCUT2D eigenvalue weighted by Gasteiger charge is -2.07. The van der Waals surface area contributed by atoms with Gasteiger partial charge in [-0.3, -0.25) is 4.79 Å². The maximum absolute atomic E-state index is 12.1. The minimum Gasteiger partial charge on any atom is -0.494 e. The summed E-state index contributed by atoms with van der Waals surface area (Å²) in [5.74, 6) is 0.661. The Balaban J connectivity index is 1.79. The van der Waals surface area contributed by atoms with Crippen molar-refractivity contribution in [2.75, 3.05) is 25.1 Å². The third kappa shape index (κ3) is 6.72. The smallest absolute Gasteiger partial charge is 0.270 e. The molecular formula is C18H25N3O3S. The van der Waals surface area contributed by atoms with E-state index in [9.17, 15) is 4.79 Å². The van der Waals surface area contributed by atoms with Gasteiger partial charge in [0.05, 0.1) is 12.7 Å². The Morgan fingerprint density at radius 1 is 1.28 bits per heavy atom. The van der Waals surface area contributed by atoms with Gasteiger partial charge in [0.25, 0.3) is 5.91 Å². The number of aromatic nitrogens is 1. The highest BCUT2D eigenvalue weighted by Gasteiger charge is 2.10. The van der Waals surface area contributed by atoms with E-state index in [-0.39, 0.29) is 12.0 Å². The minimum atomic E-state index is -0.166. The highest BCUT2D eigenvalue weighted by Crippen LogP contribution is 2.23. The molecule has 1 amide bonds. The molecular weight excluding hydrogens is 338 g/mol. The molecule has 0 spiro atoms. The number of hydrogen-bond donors (Lipinski definition) is 2. The summed E-state index contributed by atoms with van der Waals surface area (Å²) in [4.78, 5) is 16.4. The van der Waals surface area contributed by atoms with Crippen molar-refractivity contribution < 1.29 is 14.3 Å². The lowest BCUT2D eigenvalue weighted by atomic mass is 10.3. The van der Waals surface area contributed by atoms with Crippen LogP contribution in [-0.4, -0.2) is 36.8 Å². The largest absolute Gasteiger partial charge is 0.494 e. The average molecular weight is 363 g/mol. The summed E-state index contributed by atoms with van der Waals surface area (Å²) in [6.45, 7) is 7.79. The molecule has 6 nitrogen and oxygen atoms in total. The van der Waals surface area contributed by atoms with Gasteiger partial charge in [-0.05, 0) is 51.5 Å². The zero-order valence-electron chi connectivity index (χ0n) is 14.9. The quantitative estimate of drug-likeness (QED) is 0.628. The number of amides is 1. The van der Waals surface area contributed by atoms with E-state index in [4.69, 9.17) is 9.47 Å². The zero-order chi connectivity index (χ0) is 18.1. The number of rotatable bonds is 10. The maximum Gasteiger partial charge on any atom is 0.270 e. The first kappa shape index (κ1) is 19.2. The van der Waals surface area contributed by atoms with Gasteiger partial charge in [0.2, 0.25) is 0 Å².